The van der Waals surface area contributed by atoms with Gasteiger partial charge in [0, 0.05) is 6.92 Å². The summed E-state index contributed by atoms with van der Waals surface area (Å²) < 4.78 is 0. The molecule has 0 aliphatic heterocycles. The molecule has 1 N–H and O–H groups in total. The largest absolute Gasteiger partial charge is 3.00 e. The van der Waals surface area contributed by atoms with Crippen LogP contribution in [0.15, 0.2) is 0 Å². The molecule has 0 aliphatic rings. The maximum atomic E-state index is 9.00. The Morgan fingerprint density at radius 3 is 1.83 bits per heavy atom. The zero-order valence-corrected chi connectivity index (χ0v) is 5.93. The Balaban J connectivity index is -0.00000000300. The van der Waals surface area contributed by atoms with E-state index in [0.717, 1.165) is 6.92 Å². The van der Waals surface area contributed by atoms with Crippen molar-refractivity contribution in [1.82, 2.24) is 0 Å². The van der Waals surface area contributed by atoms with Crippen molar-refractivity contribution in [2.75, 3.05) is 0 Å². The molecule has 0 aliphatic carbocycles. The third kappa shape index (κ3) is 198. The number of aliphatic carboxylic acids is 1. The normalized spacial score (nSPS) is 4.17. The van der Waals surface area contributed by atoms with Crippen LogP contribution < -0.4 is 29.6 Å². The summed E-state index contributed by atoms with van der Waals surface area (Å²) in [5.41, 5.74) is 0. The van der Waals surface area contributed by atoms with Crippen LogP contribution in [-0.4, -0.2) is 19.5 Å². The number of carboxylic acids is 1. The Morgan fingerprint density at radius 2 is 1.83 bits per heavy atom. The number of hydrogen-bond acceptors (Lipinski definition) is 1. The Hall–Kier alpha value is 0.535. The third-order valence-electron chi connectivity index (χ3n) is 0. The average molecular weight is 97.9 g/mol. The SMILES string of the molecule is CC(=O)O.[B+3].[H-].[H-].[H-].[H-].[Na+]. The molecule has 0 spiro atoms. The maximum Gasteiger partial charge on any atom is 3.00 e. The molecule has 0 fully saturated rings. The van der Waals surface area contributed by atoms with E-state index in [4.69, 9.17) is 9.90 Å². The third-order valence-corrected chi connectivity index (χ3v) is 0. The van der Waals surface area contributed by atoms with E-state index in [1.807, 2.05) is 0 Å². The second kappa shape index (κ2) is 9.11. The molecule has 2 nitrogen and oxygen atoms in total. The molecule has 4 heteroatoms. The van der Waals surface area contributed by atoms with Crippen LogP contribution in [0.2, 0.25) is 0 Å². The number of carbonyl (C=O) groups is 1. The molecule has 0 aromatic heterocycles. The van der Waals surface area contributed by atoms with Gasteiger partial charge in [-0.1, -0.05) is 0 Å². The molecule has 0 unspecified atom stereocenters. The fourth-order valence-electron chi connectivity index (χ4n) is 0. The van der Waals surface area contributed by atoms with Gasteiger partial charge in [0.25, 0.3) is 5.97 Å². The monoisotopic (exact) mass is 98.1 g/mol. The molecule has 0 bridgehead atoms. The summed E-state index contributed by atoms with van der Waals surface area (Å²) in [6, 6.07) is 0. The van der Waals surface area contributed by atoms with Crippen LogP contribution in [0.3, 0.4) is 0 Å². The Kier molecular flexibility index (Phi) is 24.3. The van der Waals surface area contributed by atoms with Crippen LogP contribution in [0.1, 0.15) is 12.6 Å². The van der Waals surface area contributed by atoms with Crippen LogP contribution >= 0.6 is 0 Å². The molecule has 0 aromatic carbocycles. The summed E-state index contributed by atoms with van der Waals surface area (Å²) in [7, 11) is 0. The first-order chi connectivity index (χ1) is 1.73. The molecule has 0 amide bonds. The van der Waals surface area contributed by atoms with Crippen molar-refractivity contribution in [1.29, 1.82) is 0 Å². The maximum absolute atomic E-state index is 9.00. The van der Waals surface area contributed by atoms with Crippen LogP contribution in [0.25, 0.3) is 0 Å². The minimum atomic E-state index is -0.833. The van der Waals surface area contributed by atoms with Gasteiger partial charge in [0.1, 0.15) is 0 Å². The first kappa shape index (κ1) is 16.0. The zero-order valence-electron chi connectivity index (χ0n) is 7.93. The van der Waals surface area contributed by atoms with E-state index in [0.29, 0.717) is 0 Å². The summed E-state index contributed by atoms with van der Waals surface area (Å²) in [5.74, 6) is -0.833. The molecule has 0 aromatic rings. The van der Waals surface area contributed by atoms with Crippen molar-refractivity contribution in [3.05, 3.63) is 0 Å². The molecule has 0 rings (SSSR count). The van der Waals surface area contributed by atoms with Crippen LogP contribution in [0.5, 0.6) is 0 Å². The van der Waals surface area contributed by atoms with Crippen LogP contribution in [0, 0.1) is 0 Å². The fraction of sp³-hybridized carbons (Fsp3) is 0.500. The van der Waals surface area contributed by atoms with Crippen molar-refractivity contribution in [2.45, 2.75) is 6.92 Å². The Bertz CT molecular complexity index is 44.2. The van der Waals surface area contributed by atoms with E-state index in [9.17, 15) is 0 Å². The molecule has 32 valence electrons. The second-order valence-corrected chi connectivity index (χ2v) is 0.519. The van der Waals surface area contributed by atoms with E-state index in [1.165, 1.54) is 0 Å². The van der Waals surface area contributed by atoms with Gasteiger partial charge in [0.2, 0.25) is 0 Å². The van der Waals surface area contributed by atoms with Gasteiger partial charge in [0.15, 0.2) is 0 Å². The molecule has 0 heterocycles. The molecule has 0 saturated carbocycles. The topological polar surface area (TPSA) is 37.3 Å². The van der Waals surface area contributed by atoms with Gasteiger partial charge in [-0.2, -0.15) is 0 Å². The van der Waals surface area contributed by atoms with Gasteiger partial charge < -0.3 is 10.8 Å². The second-order valence-electron chi connectivity index (χ2n) is 0.519. The van der Waals surface area contributed by atoms with E-state index < -0.39 is 5.97 Å². The van der Waals surface area contributed by atoms with Gasteiger partial charge in [-0.25, -0.2) is 0 Å². The van der Waals surface area contributed by atoms with Crippen LogP contribution in [0.4, 0.5) is 0 Å². The number of rotatable bonds is 0. The summed E-state index contributed by atoms with van der Waals surface area (Å²) in [5, 5.41) is 7.42. The predicted octanol–water partition coefficient (Wildman–Crippen LogP) is -2.84. The predicted molar refractivity (Wildman–Crippen MR) is 23.5 cm³/mol. The molecule has 0 saturated heterocycles. The van der Waals surface area contributed by atoms with Gasteiger partial charge in [0.05, 0.1) is 0 Å². The summed E-state index contributed by atoms with van der Waals surface area (Å²) in [6.07, 6.45) is 0. The molecular formula is C2H8BNaO2. The van der Waals surface area contributed by atoms with E-state index in [1.54, 1.807) is 0 Å². The Labute approximate surface area is 66.7 Å². The fourth-order valence-corrected chi connectivity index (χ4v) is 0. The van der Waals surface area contributed by atoms with E-state index in [2.05, 4.69) is 0 Å². The van der Waals surface area contributed by atoms with Crippen molar-refractivity contribution in [3.63, 3.8) is 0 Å². The number of carboxylic acid groups (broad SMARTS) is 1. The van der Waals surface area contributed by atoms with Crippen LogP contribution in [-0.2, 0) is 4.79 Å². The zero-order chi connectivity index (χ0) is 3.58. The van der Waals surface area contributed by atoms with Gasteiger partial charge in [-0.3, -0.25) is 4.79 Å². The molecule has 0 radical (unpaired) electrons. The van der Waals surface area contributed by atoms with Gasteiger partial charge >= 0.3 is 38.0 Å². The first-order valence-corrected chi connectivity index (χ1v) is 0.928. The standard InChI is InChI=1S/C2H4O2.B.Na.4H/c1-2(3)4;;;;;;/h1H3,(H,3,4);;;;;;/q;+3;+1;4*-1. The van der Waals surface area contributed by atoms with Crippen molar-refractivity contribution in [2.24, 2.45) is 0 Å². The molecular weight excluding hydrogens is 89.8 g/mol. The van der Waals surface area contributed by atoms with Crippen molar-refractivity contribution in [3.8, 4) is 0 Å². The summed E-state index contributed by atoms with van der Waals surface area (Å²) >= 11 is 0. The summed E-state index contributed by atoms with van der Waals surface area (Å²) in [6.45, 7) is 1.08. The first-order valence-electron chi connectivity index (χ1n) is 0.928. The van der Waals surface area contributed by atoms with Gasteiger partial charge in [-0.15, -0.1) is 0 Å². The minimum Gasteiger partial charge on any atom is -1.00 e. The van der Waals surface area contributed by atoms with E-state index in [-0.39, 0.29) is 43.7 Å². The Morgan fingerprint density at radius 1 is 1.83 bits per heavy atom. The molecule has 0 atom stereocenters. The molecule has 6 heavy (non-hydrogen) atoms. The number of hydrogen-bond donors (Lipinski definition) is 1. The quantitative estimate of drug-likeness (QED) is 0.331. The summed E-state index contributed by atoms with van der Waals surface area (Å²) in [4.78, 5) is 9.00. The van der Waals surface area contributed by atoms with Gasteiger partial charge in [-0.05, 0) is 0 Å². The van der Waals surface area contributed by atoms with Crippen molar-refractivity contribution < 1.29 is 45.2 Å². The minimum absolute atomic E-state index is 0. The average Bonchev–Trinajstić information content (AvgIpc) is 0.811. The van der Waals surface area contributed by atoms with Crippen molar-refractivity contribution >= 4 is 14.4 Å². The van der Waals surface area contributed by atoms with E-state index >= 15 is 0 Å². The smallest absolute Gasteiger partial charge is 1.00 e.